The van der Waals surface area contributed by atoms with Gasteiger partial charge in [-0.15, -0.1) is 0 Å². The number of carboxylic acids is 2. The van der Waals surface area contributed by atoms with E-state index in [-0.39, 0.29) is 30.3 Å². The van der Waals surface area contributed by atoms with Crippen LogP contribution >= 0.6 is 0 Å². The number of hydrogen-bond acceptors (Lipinski definition) is 4. The standard InChI is InChI=1S/C8H18O2.C4H8O2.C3H6O2/c1-6(2)7(10)8(3,4)5-9;1-3(2)4(5)6;1-2-3(4)5/h6-7,9-10H,5H2,1-4H3;3H,1-2H3,(H,5,6);2H2,1H3,(H,4,5). The summed E-state index contributed by atoms with van der Waals surface area (Å²) in [6.07, 6.45) is -0.197. The van der Waals surface area contributed by atoms with Gasteiger partial charge in [-0.1, -0.05) is 48.5 Å². The highest BCUT2D eigenvalue weighted by Gasteiger charge is 2.28. The van der Waals surface area contributed by atoms with Crippen molar-refractivity contribution in [3.8, 4) is 0 Å². The number of carboxylic acid groups (broad SMARTS) is 2. The van der Waals surface area contributed by atoms with Gasteiger partial charge in [0.2, 0.25) is 0 Å². The first kappa shape index (κ1) is 24.9. The van der Waals surface area contributed by atoms with Crippen LogP contribution in [-0.4, -0.2) is 45.1 Å². The Morgan fingerprint density at radius 2 is 1.33 bits per heavy atom. The molecule has 21 heavy (non-hydrogen) atoms. The van der Waals surface area contributed by atoms with Gasteiger partial charge in [0, 0.05) is 11.8 Å². The number of aliphatic hydroxyl groups excluding tert-OH is 2. The molecular formula is C15H32O6. The van der Waals surface area contributed by atoms with Crippen molar-refractivity contribution in [1.82, 2.24) is 0 Å². The van der Waals surface area contributed by atoms with Crippen LogP contribution in [0.4, 0.5) is 0 Å². The Morgan fingerprint density at radius 3 is 1.38 bits per heavy atom. The molecular weight excluding hydrogens is 276 g/mol. The van der Waals surface area contributed by atoms with Crippen LogP contribution in [0.3, 0.4) is 0 Å². The molecule has 6 heteroatoms. The molecule has 0 amide bonds. The summed E-state index contributed by atoms with van der Waals surface area (Å²) in [6.45, 7) is 12.5. The molecule has 0 radical (unpaired) electrons. The molecule has 1 atom stereocenters. The first-order chi connectivity index (χ1) is 9.33. The number of hydrogen-bond donors (Lipinski definition) is 4. The summed E-state index contributed by atoms with van der Waals surface area (Å²) in [6, 6.07) is 0. The zero-order chi connectivity index (χ0) is 17.8. The molecule has 0 spiro atoms. The van der Waals surface area contributed by atoms with Gasteiger partial charge in [-0.05, 0) is 5.92 Å². The van der Waals surface area contributed by atoms with Gasteiger partial charge in [0.15, 0.2) is 0 Å². The van der Waals surface area contributed by atoms with E-state index in [1.165, 1.54) is 0 Å². The van der Waals surface area contributed by atoms with Gasteiger partial charge < -0.3 is 20.4 Å². The van der Waals surface area contributed by atoms with E-state index in [2.05, 4.69) is 0 Å². The van der Waals surface area contributed by atoms with E-state index in [1.54, 1.807) is 20.8 Å². The fourth-order valence-electron chi connectivity index (χ4n) is 0.996. The molecule has 4 N–H and O–H groups in total. The normalized spacial score (nSPS) is 12.0. The van der Waals surface area contributed by atoms with E-state index in [0.717, 1.165) is 0 Å². The van der Waals surface area contributed by atoms with Gasteiger partial charge in [-0.2, -0.15) is 0 Å². The molecule has 128 valence electrons. The second-order valence-electron chi connectivity index (χ2n) is 6.08. The highest BCUT2D eigenvalue weighted by atomic mass is 16.4. The summed E-state index contributed by atoms with van der Waals surface area (Å²) in [5.74, 6) is -1.51. The Labute approximate surface area is 127 Å². The molecule has 0 rings (SSSR count). The summed E-state index contributed by atoms with van der Waals surface area (Å²) in [5.41, 5.74) is -0.367. The highest BCUT2D eigenvalue weighted by molar-refractivity contribution is 5.68. The molecule has 0 aromatic carbocycles. The zero-order valence-electron chi connectivity index (χ0n) is 14.3. The molecule has 0 aromatic rings. The lowest BCUT2D eigenvalue weighted by Crippen LogP contribution is -2.36. The fourth-order valence-corrected chi connectivity index (χ4v) is 0.996. The lowest BCUT2D eigenvalue weighted by atomic mass is 9.82. The third kappa shape index (κ3) is 16.8. The average Bonchev–Trinajstić information content (AvgIpc) is 2.38. The molecule has 0 aliphatic heterocycles. The van der Waals surface area contributed by atoms with Crippen LogP contribution < -0.4 is 0 Å². The van der Waals surface area contributed by atoms with Crippen LogP contribution in [0.2, 0.25) is 0 Å². The van der Waals surface area contributed by atoms with E-state index in [0.29, 0.717) is 0 Å². The predicted octanol–water partition coefficient (Wildman–Crippen LogP) is 2.23. The predicted molar refractivity (Wildman–Crippen MR) is 82.1 cm³/mol. The van der Waals surface area contributed by atoms with Crippen molar-refractivity contribution in [2.24, 2.45) is 17.3 Å². The number of aliphatic hydroxyl groups is 2. The molecule has 0 heterocycles. The molecule has 1 unspecified atom stereocenters. The summed E-state index contributed by atoms with van der Waals surface area (Å²) in [4.78, 5) is 19.1. The minimum atomic E-state index is -0.745. The van der Waals surface area contributed by atoms with Crippen molar-refractivity contribution in [1.29, 1.82) is 0 Å². The molecule has 6 nitrogen and oxygen atoms in total. The summed E-state index contributed by atoms with van der Waals surface area (Å²) >= 11 is 0. The fraction of sp³-hybridized carbons (Fsp3) is 0.867. The number of aliphatic carboxylic acids is 2. The Balaban J connectivity index is -0.000000252. The SMILES string of the molecule is CC(C)C(=O)O.CC(C)C(O)C(C)(C)CO.CCC(=O)O. The smallest absolute Gasteiger partial charge is 0.305 e. The van der Waals surface area contributed by atoms with E-state index in [4.69, 9.17) is 15.3 Å². The van der Waals surface area contributed by atoms with Crippen molar-refractivity contribution in [2.75, 3.05) is 6.61 Å². The Bertz CT molecular complexity index is 284. The van der Waals surface area contributed by atoms with Gasteiger partial charge in [0.25, 0.3) is 0 Å². The van der Waals surface area contributed by atoms with Crippen molar-refractivity contribution in [3.63, 3.8) is 0 Å². The quantitative estimate of drug-likeness (QED) is 0.619. The van der Waals surface area contributed by atoms with Crippen molar-refractivity contribution >= 4 is 11.9 Å². The van der Waals surface area contributed by atoms with Crippen LogP contribution in [-0.2, 0) is 9.59 Å². The molecule has 0 aromatic heterocycles. The van der Waals surface area contributed by atoms with E-state index in [1.807, 2.05) is 27.7 Å². The number of rotatable bonds is 5. The minimum absolute atomic E-state index is 0.0341. The van der Waals surface area contributed by atoms with Gasteiger partial charge in [-0.25, -0.2) is 0 Å². The maximum atomic E-state index is 9.70. The lowest BCUT2D eigenvalue weighted by Gasteiger charge is -2.30. The Hall–Kier alpha value is -1.14. The molecule has 0 aliphatic carbocycles. The summed E-state index contributed by atoms with van der Waals surface area (Å²) in [7, 11) is 0. The van der Waals surface area contributed by atoms with E-state index >= 15 is 0 Å². The maximum Gasteiger partial charge on any atom is 0.305 e. The average molecular weight is 308 g/mol. The van der Waals surface area contributed by atoms with Crippen molar-refractivity contribution in [3.05, 3.63) is 0 Å². The van der Waals surface area contributed by atoms with Crippen LogP contribution in [0, 0.1) is 17.3 Å². The second kappa shape index (κ2) is 12.6. The summed E-state index contributed by atoms with van der Waals surface area (Å²) < 4.78 is 0. The van der Waals surface area contributed by atoms with Gasteiger partial charge >= 0.3 is 11.9 Å². The maximum absolute atomic E-state index is 9.70. The van der Waals surface area contributed by atoms with Gasteiger partial charge in [-0.3, -0.25) is 9.59 Å². The molecule has 0 bridgehead atoms. The number of carbonyl (C=O) groups is 2. The first-order valence-corrected chi connectivity index (χ1v) is 7.06. The van der Waals surface area contributed by atoms with Crippen LogP contribution in [0.15, 0.2) is 0 Å². The topological polar surface area (TPSA) is 115 Å². The monoisotopic (exact) mass is 308 g/mol. The van der Waals surface area contributed by atoms with Gasteiger partial charge in [0.05, 0.1) is 18.6 Å². The summed E-state index contributed by atoms with van der Waals surface area (Å²) in [5, 5.41) is 34.1. The van der Waals surface area contributed by atoms with Crippen LogP contribution in [0.25, 0.3) is 0 Å². The third-order valence-electron chi connectivity index (χ3n) is 2.64. The van der Waals surface area contributed by atoms with Crippen LogP contribution in [0.5, 0.6) is 0 Å². The largest absolute Gasteiger partial charge is 0.481 e. The third-order valence-corrected chi connectivity index (χ3v) is 2.64. The van der Waals surface area contributed by atoms with E-state index in [9.17, 15) is 14.7 Å². The highest BCUT2D eigenvalue weighted by Crippen LogP contribution is 2.24. The first-order valence-electron chi connectivity index (χ1n) is 7.06. The van der Waals surface area contributed by atoms with Crippen molar-refractivity contribution in [2.45, 2.75) is 61.0 Å². The molecule has 0 saturated heterocycles. The van der Waals surface area contributed by atoms with E-state index < -0.39 is 18.0 Å². The van der Waals surface area contributed by atoms with Gasteiger partial charge in [0.1, 0.15) is 0 Å². The zero-order valence-corrected chi connectivity index (χ0v) is 14.3. The molecule has 0 aliphatic rings. The van der Waals surface area contributed by atoms with Crippen molar-refractivity contribution < 1.29 is 30.0 Å². The van der Waals surface area contributed by atoms with Crippen LogP contribution in [0.1, 0.15) is 54.9 Å². The lowest BCUT2D eigenvalue weighted by molar-refractivity contribution is -0.140. The molecule has 0 fully saturated rings. The molecule has 0 saturated carbocycles. The Kier molecular flexibility index (Phi) is 14.9. The minimum Gasteiger partial charge on any atom is -0.481 e. The Morgan fingerprint density at radius 1 is 1.05 bits per heavy atom. The second-order valence-corrected chi connectivity index (χ2v) is 6.08.